The number of ether oxygens (including phenoxy) is 1. The van der Waals surface area contributed by atoms with Crippen molar-refractivity contribution >= 4 is 11.4 Å². The number of hydrogen-bond acceptors (Lipinski definition) is 3. The van der Waals surface area contributed by atoms with E-state index in [4.69, 9.17) is 4.74 Å². The fourth-order valence-electron chi connectivity index (χ4n) is 2.07. The van der Waals surface area contributed by atoms with Gasteiger partial charge in [0.05, 0.1) is 18.5 Å². The molecule has 1 aromatic carbocycles. The normalized spacial score (nSPS) is 19.4. The molecule has 0 aliphatic carbocycles. The molecule has 15 heavy (non-hydrogen) atoms. The second-order valence-corrected chi connectivity index (χ2v) is 3.94. The molecule has 0 aromatic heterocycles. The molecule has 0 amide bonds. The fourth-order valence-corrected chi connectivity index (χ4v) is 2.07. The van der Waals surface area contributed by atoms with E-state index in [1.807, 2.05) is 6.07 Å². The van der Waals surface area contributed by atoms with Gasteiger partial charge in [-0.15, -0.1) is 0 Å². The molecule has 0 spiro atoms. The molecule has 1 atom stereocenters. The molecule has 1 aliphatic heterocycles. The van der Waals surface area contributed by atoms with Crippen molar-refractivity contribution in [2.45, 2.75) is 19.4 Å². The van der Waals surface area contributed by atoms with E-state index >= 15 is 0 Å². The average molecular weight is 206 g/mol. The molecule has 0 saturated heterocycles. The number of anilines is 2. The van der Waals surface area contributed by atoms with E-state index in [0.29, 0.717) is 6.04 Å². The fraction of sp³-hybridized carbons (Fsp3) is 0.500. The van der Waals surface area contributed by atoms with Crippen LogP contribution in [0.25, 0.3) is 0 Å². The zero-order valence-electron chi connectivity index (χ0n) is 9.58. The van der Waals surface area contributed by atoms with Gasteiger partial charge in [0, 0.05) is 25.7 Å². The molecular weight excluding hydrogens is 188 g/mol. The number of fused-ring (bicyclic) bond motifs is 1. The summed E-state index contributed by atoms with van der Waals surface area (Å²) >= 11 is 0. The van der Waals surface area contributed by atoms with Crippen molar-refractivity contribution in [3.05, 3.63) is 18.2 Å². The number of hydrogen-bond donors (Lipinski definition) is 1. The van der Waals surface area contributed by atoms with Gasteiger partial charge in [0.2, 0.25) is 0 Å². The molecule has 0 bridgehead atoms. The second-order valence-electron chi connectivity index (χ2n) is 3.94. The predicted molar refractivity (Wildman–Crippen MR) is 64.0 cm³/mol. The largest absolute Gasteiger partial charge is 0.497 e. The van der Waals surface area contributed by atoms with Gasteiger partial charge in [-0.05, 0) is 18.6 Å². The van der Waals surface area contributed by atoms with Crippen LogP contribution in [0.4, 0.5) is 11.4 Å². The van der Waals surface area contributed by atoms with Crippen LogP contribution in [0.1, 0.15) is 13.3 Å². The van der Waals surface area contributed by atoms with Gasteiger partial charge in [0.15, 0.2) is 0 Å². The molecule has 2 rings (SSSR count). The summed E-state index contributed by atoms with van der Waals surface area (Å²) in [5.74, 6) is 0.907. The Labute approximate surface area is 91.0 Å². The van der Waals surface area contributed by atoms with Crippen LogP contribution in [0.2, 0.25) is 0 Å². The van der Waals surface area contributed by atoms with Gasteiger partial charge in [0.1, 0.15) is 5.75 Å². The summed E-state index contributed by atoms with van der Waals surface area (Å²) in [6.07, 6.45) is 1.16. The molecule has 1 N–H and O–H groups in total. The lowest BCUT2D eigenvalue weighted by atomic mass is 10.1. The summed E-state index contributed by atoms with van der Waals surface area (Å²) in [6.45, 7) is 3.23. The second kappa shape index (κ2) is 4.01. The summed E-state index contributed by atoms with van der Waals surface area (Å²) in [4.78, 5) is 2.34. The lowest BCUT2D eigenvalue weighted by Gasteiger charge is -2.36. The number of rotatable bonds is 2. The first-order valence-electron chi connectivity index (χ1n) is 5.41. The van der Waals surface area contributed by atoms with Gasteiger partial charge in [0.25, 0.3) is 0 Å². The van der Waals surface area contributed by atoms with E-state index in [0.717, 1.165) is 18.7 Å². The van der Waals surface area contributed by atoms with Crippen molar-refractivity contribution in [1.82, 2.24) is 0 Å². The quantitative estimate of drug-likeness (QED) is 0.803. The third kappa shape index (κ3) is 1.74. The highest BCUT2D eigenvalue weighted by Crippen LogP contribution is 2.33. The molecule has 82 valence electrons. The highest BCUT2D eigenvalue weighted by atomic mass is 16.5. The Morgan fingerprint density at radius 1 is 1.53 bits per heavy atom. The van der Waals surface area contributed by atoms with Crippen molar-refractivity contribution < 1.29 is 4.74 Å². The number of nitrogens with zero attached hydrogens (tertiary/aromatic N) is 1. The predicted octanol–water partition coefficient (Wildman–Crippen LogP) is 2.34. The van der Waals surface area contributed by atoms with E-state index in [1.165, 1.54) is 11.4 Å². The monoisotopic (exact) mass is 206 g/mol. The lowest BCUT2D eigenvalue weighted by molar-refractivity contribution is 0.415. The molecule has 1 aliphatic rings. The van der Waals surface area contributed by atoms with E-state index in [9.17, 15) is 0 Å². The number of methoxy groups -OCH3 is 1. The minimum Gasteiger partial charge on any atom is -0.497 e. The Balaban J connectivity index is 2.33. The number of likely N-dealkylation sites (N-methyl/N-ethyl adjacent to an activating group) is 1. The van der Waals surface area contributed by atoms with Gasteiger partial charge in [-0.25, -0.2) is 0 Å². The average Bonchev–Trinajstić information content (AvgIpc) is 2.29. The zero-order valence-corrected chi connectivity index (χ0v) is 9.58. The highest BCUT2D eigenvalue weighted by molar-refractivity contribution is 5.74. The molecule has 3 heteroatoms. The van der Waals surface area contributed by atoms with E-state index in [1.54, 1.807) is 7.11 Å². The van der Waals surface area contributed by atoms with Crippen molar-refractivity contribution in [1.29, 1.82) is 0 Å². The first kappa shape index (κ1) is 10.1. The van der Waals surface area contributed by atoms with Crippen LogP contribution < -0.4 is 15.0 Å². The lowest BCUT2D eigenvalue weighted by Crippen LogP contribution is -2.40. The van der Waals surface area contributed by atoms with Gasteiger partial charge >= 0.3 is 0 Å². The van der Waals surface area contributed by atoms with Crippen LogP contribution in [0.15, 0.2) is 18.2 Å². The molecule has 1 heterocycles. The van der Waals surface area contributed by atoms with Crippen LogP contribution in [-0.2, 0) is 0 Å². The molecule has 3 nitrogen and oxygen atoms in total. The summed E-state index contributed by atoms with van der Waals surface area (Å²) < 4.78 is 5.21. The van der Waals surface area contributed by atoms with Crippen LogP contribution in [-0.4, -0.2) is 26.7 Å². The van der Waals surface area contributed by atoms with Crippen molar-refractivity contribution in [2.75, 3.05) is 30.9 Å². The molecule has 1 unspecified atom stereocenters. The number of nitrogens with one attached hydrogen (secondary N) is 1. The summed E-state index contributed by atoms with van der Waals surface area (Å²) in [5.41, 5.74) is 2.43. The van der Waals surface area contributed by atoms with Crippen LogP contribution >= 0.6 is 0 Å². The van der Waals surface area contributed by atoms with Gasteiger partial charge in [-0.1, -0.05) is 6.92 Å². The molecule has 0 radical (unpaired) electrons. The summed E-state index contributed by atoms with van der Waals surface area (Å²) in [5, 5.41) is 3.45. The Kier molecular flexibility index (Phi) is 2.71. The summed E-state index contributed by atoms with van der Waals surface area (Å²) in [7, 11) is 3.85. The highest BCUT2D eigenvalue weighted by Gasteiger charge is 2.21. The maximum atomic E-state index is 5.21. The summed E-state index contributed by atoms with van der Waals surface area (Å²) in [6, 6.07) is 6.77. The van der Waals surface area contributed by atoms with Crippen LogP contribution in [0.5, 0.6) is 5.75 Å². The topological polar surface area (TPSA) is 24.5 Å². The smallest absolute Gasteiger partial charge is 0.121 e. The Morgan fingerprint density at radius 2 is 2.33 bits per heavy atom. The molecule has 0 saturated carbocycles. The van der Waals surface area contributed by atoms with Crippen molar-refractivity contribution in [2.24, 2.45) is 0 Å². The van der Waals surface area contributed by atoms with Gasteiger partial charge in [-0.3, -0.25) is 0 Å². The minimum absolute atomic E-state index is 0.589. The first-order valence-corrected chi connectivity index (χ1v) is 5.41. The SMILES string of the molecule is CCC1CNc2cc(OC)ccc2N1C. The van der Waals surface area contributed by atoms with Gasteiger partial charge in [-0.2, -0.15) is 0 Å². The maximum Gasteiger partial charge on any atom is 0.121 e. The number of benzene rings is 1. The van der Waals surface area contributed by atoms with E-state index < -0.39 is 0 Å². The van der Waals surface area contributed by atoms with Gasteiger partial charge < -0.3 is 15.0 Å². The Morgan fingerprint density at radius 3 is 3.00 bits per heavy atom. The third-order valence-electron chi connectivity index (χ3n) is 3.13. The Hall–Kier alpha value is -1.38. The van der Waals surface area contributed by atoms with Crippen LogP contribution in [0, 0.1) is 0 Å². The molecule has 1 aromatic rings. The zero-order chi connectivity index (χ0) is 10.8. The Bertz CT molecular complexity index is 351. The van der Waals surface area contributed by atoms with Crippen molar-refractivity contribution in [3.8, 4) is 5.75 Å². The standard InChI is InChI=1S/C12H18N2O/c1-4-9-8-13-11-7-10(15-3)5-6-12(11)14(9)2/h5-7,9,13H,4,8H2,1-3H3. The third-order valence-corrected chi connectivity index (χ3v) is 3.13. The van der Waals surface area contributed by atoms with Crippen molar-refractivity contribution in [3.63, 3.8) is 0 Å². The minimum atomic E-state index is 0.589. The van der Waals surface area contributed by atoms with E-state index in [2.05, 4.69) is 36.3 Å². The van der Waals surface area contributed by atoms with Crippen LogP contribution in [0.3, 0.4) is 0 Å². The molecule has 0 fully saturated rings. The molecular formula is C12H18N2O. The first-order chi connectivity index (χ1) is 7.26. The maximum absolute atomic E-state index is 5.21. The van der Waals surface area contributed by atoms with E-state index in [-0.39, 0.29) is 0 Å².